The quantitative estimate of drug-likeness (QED) is 0.727. The van der Waals surface area contributed by atoms with Crippen LogP contribution in [0.4, 0.5) is 0 Å². The summed E-state index contributed by atoms with van der Waals surface area (Å²) in [5, 5.41) is 3.08. The second-order valence-corrected chi connectivity index (χ2v) is 3.15. The zero-order chi connectivity index (χ0) is 10.5. The summed E-state index contributed by atoms with van der Waals surface area (Å²) in [6.07, 6.45) is 8.21. The van der Waals surface area contributed by atoms with Crippen molar-refractivity contribution >= 4 is 17.2 Å². The molecule has 0 aliphatic rings. The zero-order valence-corrected chi connectivity index (χ0v) is 8.57. The van der Waals surface area contributed by atoms with Crippen LogP contribution in [0.1, 0.15) is 12.1 Å². The lowest BCUT2D eigenvalue weighted by Crippen LogP contribution is -2.05. The predicted molar refractivity (Wildman–Crippen MR) is 59.3 cm³/mol. The maximum absolute atomic E-state index is 4.19. The Hall–Kier alpha value is -1.75. The highest BCUT2D eigenvalue weighted by Gasteiger charge is 2.01. The average Bonchev–Trinajstić information content (AvgIpc) is 2.73. The maximum atomic E-state index is 4.19. The van der Waals surface area contributed by atoms with Crippen LogP contribution in [-0.4, -0.2) is 33.5 Å². The molecular weight excluding hydrogens is 190 g/mol. The minimum absolute atomic E-state index is 0.707. The van der Waals surface area contributed by atoms with Gasteiger partial charge < -0.3 is 10.3 Å². The molecule has 2 aromatic heterocycles. The lowest BCUT2D eigenvalue weighted by atomic mass is 10.3. The minimum Gasteiger partial charge on any atom is -0.341 e. The summed E-state index contributed by atoms with van der Waals surface area (Å²) in [6.45, 7) is 0.966. The Bertz CT molecular complexity index is 460. The summed E-state index contributed by atoms with van der Waals surface area (Å²) >= 11 is 0. The van der Waals surface area contributed by atoms with E-state index in [1.54, 1.807) is 6.33 Å². The van der Waals surface area contributed by atoms with Crippen molar-refractivity contribution in [2.45, 2.75) is 6.42 Å². The molecule has 0 spiro atoms. The average molecular weight is 203 g/mol. The van der Waals surface area contributed by atoms with Gasteiger partial charge in [0, 0.05) is 0 Å². The standard InChI is InChI=1S/C10H13N5/c1-11-5-3-2-4-8-9-10(14-6-12-8)15-7-13-9/h2,4,6-7,11H,3,5H2,1H3,(H,12,13,14,15). The molecule has 0 aliphatic carbocycles. The third-order valence-electron chi connectivity index (χ3n) is 2.09. The summed E-state index contributed by atoms with van der Waals surface area (Å²) in [7, 11) is 1.94. The van der Waals surface area contributed by atoms with E-state index in [0.717, 1.165) is 24.2 Å². The number of aromatic amines is 1. The molecule has 5 nitrogen and oxygen atoms in total. The molecule has 0 bridgehead atoms. The van der Waals surface area contributed by atoms with Gasteiger partial charge in [0.1, 0.15) is 11.8 Å². The Morgan fingerprint density at radius 1 is 1.40 bits per heavy atom. The molecule has 0 atom stereocenters. The monoisotopic (exact) mass is 203 g/mol. The van der Waals surface area contributed by atoms with Gasteiger partial charge in [-0.25, -0.2) is 15.0 Å². The van der Waals surface area contributed by atoms with Gasteiger partial charge in [0.15, 0.2) is 5.65 Å². The predicted octanol–water partition coefficient (Wildman–Crippen LogP) is 0.976. The van der Waals surface area contributed by atoms with Gasteiger partial charge in [0.25, 0.3) is 0 Å². The molecule has 2 N–H and O–H groups in total. The van der Waals surface area contributed by atoms with Crippen LogP contribution in [0.3, 0.4) is 0 Å². The first-order chi connectivity index (χ1) is 7.42. The fraction of sp³-hybridized carbons (Fsp3) is 0.300. The van der Waals surface area contributed by atoms with E-state index in [0.29, 0.717) is 5.65 Å². The maximum Gasteiger partial charge on any atom is 0.181 e. The number of hydrogen-bond donors (Lipinski definition) is 2. The third kappa shape index (κ3) is 2.19. The molecule has 2 aromatic rings. The van der Waals surface area contributed by atoms with E-state index in [9.17, 15) is 0 Å². The van der Waals surface area contributed by atoms with Crippen molar-refractivity contribution in [3.8, 4) is 0 Å². The van der Waals surface area contributed by atoms with Crippen LogP contribution < -0.4 is 5.32 Å². The highest BCUT2D eigenvalue weighted by atomic mass is 15.0. The number of imidazole rings is 1. The molecule has 78 valence electrons. The van der Waals surface area contributed by atoms with Crippen LogP contribution in [0, 0.1) is 0 Å². The van der Waals surface area contributed by atoms with E-state index in [-0.39, 0.29) is 0 Å². The summed E-state index contributed by atoms with van der Waals surface area (Å²) < 4.78 is 0. The molecule has 5 heteroatoms. The lowest BCUT2D eigenvalue weighted by Gasteiger charge is -1.94. The van der Waals surface area contributed by atoms with Crippen LogP contribution >= 0.6 is 0 Å². The highest BCUT2D eigenvalue weighted by molar-refractivity contribution is 5.78. The van der Waals surface area contributed by atoms with Gasteiger partial charge >= 0.3 is 0 Å². The Balaban J connectivity index is 2.20. The Labute approximate surface area is 87.7 Å². The molecule has 2 rings (SSSR count). The van der Waals surface area contributed by atoms with E-state index in [1.807, 2.05) is 13.1 Å². The van der Waals surface area contributed by atoms with E-state index in [2.05, 4.69) is 31.3 Å². The normalized spacial score (nSPS) is 11.5. The number of hydrogen-bond acceptors (Lipinski definition) is 4. The number of aromatic nitrogens is 4. The largest absolute Gasteiger partial charge is 0.341 e. The number of rotatable bonds is 4. The molecule has 0 saturated carbocycles. The van der Waals surface area contributed by atoms with Crippen molar-refractivity contribution in [3.63, 3.8) is 0 Å². The Morgan fingerprint density at radius 2 is 2.33 bits per heavy atom. The van der Waals surface area contributed by atoms with Gasteiger partial charge in [-0.2, -0.15) is 0 Å². The summed E-state index contributed by atoms with van der Waals surface area (Å²) in [6, 6.07) is 0. The first-order valence-electron chi connectivity index (χ1n) is 4.87. The van der Waals surface area contributed by atoms with E-state index in [4.69, 9.17) is 0 Å². The van der Waals surface area contributed by atoms with Gasteiger partial charge in [-0.05, 0) is 26.1 Å². The zero-order valence-electron chi connectivity index (χ0n) is 8.57. The molecule has 0 aliphatic heterocycles. The number of fused-ring (bicyclic) bond motifs is 1. The molecule has 0 fully saturated rings. The van der Waals surface area contributed by atoms with Crippen LogP contribution in [0.25, 0.3) is 17.2 Å². The number of nitrogens with zero attached hydrogens (tertiary/aromatic N) is 3. The van der Waals surface area contributed by atoms with E-state index in [1.165, 1.54) is 6.33 Å². The van der Waals surface area contributed by atoms with Gasteiger partial charge in [-0.15, -0.1) is 0 Å². The Morgan fingerprint density at radius 3 is 3.20 bits per heavy atom. The van der Waals surface area contributed by atoms with Gasteiger partial charge in [0.05, 0.1) is 12.0 Å². The molecule has 2 heterocycles. The van der Waals surface area contributed by atoms with E-state index >= 15 is 0 Å². The van der Waals surface area contributed by atoms with Gasteiger partial charge in [0.2, 0.25) is 0 Å². The van der Waals surface area contributed by atoms with Crippen molar-refractivity contribution < 1.29 is 0 Å². The third-order valence-corrected chi connectivity index (χ3v) is 2.09. The lowest BCUT2D eigenvalue weighted by molar-refractivity contribution is 0.809. The van der Waals surface area contributed by atoms with E-state index < -0.39 is 0 Å². The highest BCUT2D eigenvalue weighted by Crippen LogP contribution is 2.10. The van der Waals surface area contributed by atoms with Crippen LogP contribution in [0.15, 0.2) is 18.7 Å². The molecule has 15 heavy (non-hydrogen) atoms. The van der Waals surface area contributed by atoms with Crippen LogP contribution in [0.2, 0.25) is 0 Å². The first kappa shape index (κ1) is 9.79. The van der Waals surface area contributed by atoms with Crippen LogP contribution in [0.5, 0.6) is 0 Å². The molecule has 0 aromatic carbocycles. The summed E-state index contributed by atoms with van der Waals surface area (Å²) in [5.41, 5.74) is 2.48. The van der Waals surface area contributed by atoms with Gasteiger partial charge in [-0.3, -0.25) is 0 Å². The molecule has 0 saturated heterocycles. The van der Waals surface area contributed by atoms with Crippen molar-refractivity contribution in [2.75, 3.05) is 13.6 Å². The minimum atomic E-state index is 0.707. The fourth-order valence-corrected chi connectivity index (χ4v) is 1.33. The molecular formula is C10H13N5. The Kier molecular flexibility index (Phi) is 3.04. The van der Waals surface area contributed by atoms with Crippen molar-refractivity contribution in [1.82, 2.24) is 25.3 Å². The molecule has 0 amide bonds. The van der Waals surface area contributed by atoms with Crippen LogP contribution in [-0.2, 0) is 0 Å². The van der Waals surface area contributed by atoms with Gasteiger partial charge in [-0.1, -0.05) is 6.08 Å². The van der Waals surface area contributed by atoms with Crippen molar-refractivity contribution in [3.05, 3.63) is 24.4 Å². The fourth-order valence-electron chi connectivity index (χ4n) is 1.33. The SMILES string of the molecule is CNCCC=Cc1ncnc2nc[nH]c12. The molecule has 0 radical (unpaired) electrons. The molecule has 0 unspecified atom stereocenters. The number of H-pyrrole nitrogens is 1. The summed E-state index contributed by atoms with van der Waals surface area (Å²) in [4.78, 5) is 15.3. The second kappa shape index (κ2) is 4.65. The first-order valence-corrected chi connectivity index (χ1v) is 4.87. The summed E-state index contributed by atoms with van der Waals surface area (Å²) in [5.74, 6) is 0. The smallest absolute Gasteiger partial charge is 0.181 e. The van der Waals surface area contributed by atoms with Crippen molar-refractivity contribution in [1.29, 1.82) is 0 Å². The number of nitrogens with one attached hydrogen (secondary N) is 2. The topological polar surface area (TPSA) is 66.5 Å². The second-order valence-electron chi connectivity index (χ2n) is 3.15. The van der Waals surface area contributed by atoms with Crippen molar-refractivity contribution in [2.24, 2.45) is 0 Å².